The fraction of sp³-hybridized carbons (Fsp3) is 0.679. The van der Waals surface area contributed by atoms with E-state index in [0.717, 1.165) is 5.56 Å². The first-order valence-electron chi connectivity index (χ1n) is 12.5. The van der Waals surface area contributed by atoms with E-state index < -0.39 is 27.0 Å². The summed E-state index contributed by atoms with van der Waals surface area (Å²) >= 11 is 7.16. The maximum atomic E-state index is 13.6. The predicted octanol–water partition coefficient (Wildman–Crippen LogP) is 6.66. The minimum atomic E-state index is -0.803. The SMILES string of the molecule is CC(C)[B]C(C)(C)C(C)(CC(C)C(C)(C)C(C)(C#N)SC(=S)c1ccccc1)C(=O)NCC(C)O. The van der Waals surface area contributed by atoms with Gasteiger partial charge in [-0.1, -0.05) is 116 Å². The molecule has 0 aliphatic heterocycles. The van der Waals surface area contributed by atoms with E-state index in [1.54, 1.807) is 6.92 Å². The third kappa shape index (κ3) is 7.57. The minimum Gasteiger partial charge on any atom is -0.392 e. The fourth-order valence-electron chi connectivity index (χ4n) is 4.56. The topological polar surface area (TPSA) is 73.1 Å². The van der Waals surface area contributed by atoms with Gasteiger partial charge in [0.2, 0.25) is 5.91 Å². The molecule has 4 atom stereocenters. The first-order chi connectivity index (χ1) is 15.9. The lowest BCUT2D eigenvalue weighted by Gasteiger charge is -2.50. The molecule has 1 rings (SSSR count). The van der Waals surface area contributed by atoms with E-state index in [0.29, 0.717) is 16.4 Å². The van der Waals surface area contributed by atoms with Crippen LogP contribution < -0.4 is 5.32 Å². The molecule has 1 radical (unpaired) electrons. The molecule has 0 aliphatic rings. The lowest BCUT2D eigenvalue weighted by molar-refractivity contribution is -0.134. The molecule has 0 saturated heterocycles. The zero-order valence-electron chi connectivity index (χ0n) is 23.2. The van der Waals surface area contributed by atoms with Gasteiger partial charge in [-0.05, 0) is 42.5 Å². The number of nitrogens with one attached hydrogen (secondary N) is 1. The van der Waals surface area contributed by atoms with Gasteiger partial charge in [0.15, 0.2) is 0 Å². The van der Waals surface area contributed by atoms with Gasteiger partial charge in [-0.25, -0.2) is 0 Å². The van der Waals surface area contributed by atoms with Gasteiger partial charge in [-0.15, -0.1) is 0 Å². The van der Waals surface area contributed by atoms with Crippen molar-refractivity contribution in [3.05, 3.63) is 35.9 Å². The molecule has 193 valence electrons. The van der Waals surface area contributed by atoms with Gasteiger partial charge >= 0.3 is 0 Å². The monoisotopic (exact) mass is 515 g/mol. The number of amides is 1. The van der Waals surface area contributed by atoms with E-state index in [4.69, 9.17) is 12.2 Å². The lowest BCUT2D eigenvalue weighted by Crippen LogP contribution is -2.52. The van der Waals surface area contributed by atoms with Crippen LogP contribution in [0.25, 0.3) is 0 Å². The average molecular weight is 516 g/mol. The number of hydrogen-bond acceptors (Lipinski definition) is 5. The van der Waals surface area contributed by atoms with E-state index >= 15 is 0 Å². The molecule has 4 unspecified atom stereocenters. The van der Waals surface area contributed by atoms with Crippen LogP contribution in [0.4, 0.5) is 0 Å². The summed E-state index contributed by atoms with van der Waals surface area (Å²) in [4.78, 5) is 13.6. The largest absolute Gasteiger partial charge is 0.392 e. The van der Waals surface area contributed by atoms with Crippen molar-refractivity contribution >= 4 is 41.4 Å². The predicted molar refractivity (Wildman–Crippen MR) is 155 cm³/mol. The van der Waals surface area contributed by atoms with Crippen LogP contribution in [0, 0.1) is 28.1 Å². The van der Waals surface area contributed by atoms with Crippen LogP contribution in [0.15, 0.2) is 30.3 Å². The van der Waals surface area contributed by atoms with Gasteiger partial charge < -0.3 is 10.4 Å². The van der Waals surface area contributed by atoms with E-state index in [1.807, 2.05) is 44.2 Å². The number of benzene rings is 1. The molecule has 2 N–H and O–H groups in total. The molecular weight excluding hydrogens is 471 g/mol. The number of rotatable bonds is 12. The maximum Gasteiger partial charge on any atom is 0.225 e. The third-order valence-electron chi connectivity index (χ3n) is 7.93. The van der Waals surface area contributed by atoms with Crippen molar-refractivity contribution < 1.29 is 9.90 Å². The van der Waals surface area contributed by atoms with E-state index in [2.05, 4.69) is 67.1 Å². The summed E-state index contributed by atoms with van der Waals surface area (Å²) in [5.74, 6) is 0.245. The van der Waals surface area contributed by atoms with Crippen molar-refractivity contribution in [2.45, 2.75) is 97.6 Å². The second kappa shape index (κ2) is 12.3. The molecule has 0 fully saturated rings. The molecule has 35 heavy (non-hydrogen) atoms. The highest BCUT2D eigenvalue weighted by Gasteiger charge is 2.53. The lowest BCUT2D eigenvalue weighted by atomic mass is 9.38. The number of nitrogens with zero attached hydrogens (tertiary/aromatic N) is 1. The molecule has 0 saturated carbocycles. The van der Waals surface area contributed by atoms with Crippen LogP contribution in [0.5, 0.6) is 0 Å². The number of carbonyl (C=O) groups excluding carboxylic acids is 1. The number of aliphatic hydroxyl groups excluding tert-OH is 1. The zero-order chi connectivity index (χ0) is 27.2. The summed E-state index contributed by atoms with van der Waals surface area (Å²) < 4.78 is -0.108. The van der Waals surface area contributed by atoms with Crippen LogP contribution in [-0.4, -0.2) is 39.9 Å². The summed E-state index contributed by atoms with van der Waals surface area (Å²) in [5.41, 5.74) is -0.276. The van der Waals surface area contributed by atoms with Crippen molar-refractivity contribution in [2.24, 2.45) is 16.7 Å². The minimum absolute atomic E-state index is 0.0142. The highest BCUT2D eigenvalue weighted by atomic mass is 32.2. The zero-order valence-corrected chi connectivity index (χ0v) is 24.9. The molecule has 1 aromatic rings. The van der Waals surface area contributed by atoms with E-state index in [9.17, 15) is 15.2 Å². The molecule has 0 bridgehead atoms. The van der Waals surface area contributed by atoms with Crippen LogP contribution in [0.1, 0.15) is 81.2 Å². The molecule has 0 spiro atoms. The number of carbonyl (C=O) groups is 1. The summed E-state index contributed by atoms with van der Waals surface area (Å²) in [6.07, 6.45) is -0.0378. The first-order valence-corrected chi connectivity index (χ1v) is 13.7. The van der Waals surface area contributed by atoms with Gasteiger partial charge in [0.05, 0.1) is 16.4 Å². The Labute approximate surface area is 224 Å². The number of thiocarbonyl (C=S) groups is 1. The van der Waals surface area contributed by atoms with Gasteiger partial charge in [0, 0.05) is 12.0 Å². The first kappa shape index (κ1) is 31.7. The molecule has 0 heterocycles. The van der Waals surface area contributed by atoms with Crippen molar-refractivity contribution in [1.29, 1.82) is 5.26 Å². The Morgan fingerprint density at radius 1 is 1.11 bits per heavy atom. The van der Waals surface area contributed by atoms with Gasteiger partial charge in [-0.3, -0.25) is 4.79 Å². The van der Waals surface area contributed by atoms with Crippen LogP contribution in [-0.2, 0) is 4.79 Å². The Morgan fingerprint density at radius 3 is 2.11 bits per heavy atom. The summed E-state index contributed by atoms with van der Waals surface area (Å²) in [5, 5.41) is 22.7. The van der Waals surface area contributed by atoms with E-state index in [-0.39, 0.29) is 18.4 Å². The molecule has 0 aromatic heterocycles. The summed E-state index contributed by atoms with van der Waals surface area (Å²) in [6, 6.07) is 12.3. The van der Waals surface area contributed by atoms with Crippen LogP contribution in [0.3, 0.4) is 0 Å². The molecule has 1 amide bonds. The Hall–Kier alpha value is -1.36. The Balaban J connectivity index is 3.34. The van der Waals surface area contributed by atoms with Crippen LogP contribution in [0.2, 0.25) is 11.1 Å². The molecule has 4 nitrogen and oxygen atoms in total. The van der Waals surface area contributed by atoms with Gasteiger partial charge in [0.25, 0.3) is 0 Å². The number of aliphatic hydroxyl groups is 1. The smallest absolute Gasteiger partial charge is 0.225 e. The van der Waals surface area contributed by atoms with Crippen molar-refractivity contribution in [2.75, 3.05) is 6.54 Å². The second-order valence-electron chi connectivity index (χ2n) is 11.8. The highest BCUT2D eigenvalue weighted by Crippen LogP contribution is 2.56. The standard InChI is InChI=1S/C28H44BN2O2S2/c1-19(2)29-26(7,8)27(9,24(33)31-17-21(4)32)16-20(3)25(5,6)28(10,18-30)35-23(34)22-14-12-11-13-15-22/h11-15,19-21,32H,16-17H2,1-10H3,(H,31,33). The Kier molecular flexibility index (Phi) is 11.1. The fourth-order valence-corrected chi connectivity index (χ4v) is 6.33. The van der Waals surface area contributed by atoms with Crippen molar-refractivity contribution in [3.63, 3.8) is 0 Å². The molecular formula is C28H44BN2O2S2. The van der Waals surface area contributed by atoms with Gasteiger partial charge in [-0.2, -0.15) is 5.26 Å². The Bertz CT molecular complexity index is 911. The second-order valence-corrected chi connectivity index (χ2v) is 13.8. The summed E-state index contributed by atoms with van der Waals surface area (Å²) in [6.45, 7) is 20.7. The molecule has 7 heteroatoms. The quantitative estimate of drug-likeness (QED) is 0.240. The number of nitriles is 1. The van der Waals surface area contributed by atoms with Crippen molar-refractivity contribution in [3.8, 4) is 6.07 Å². The van der Waals surface area contributed by atoms with Crippen molar-refractivity contribution in [1.82, 2.24) is 5.32 Å². The number of hydrogen-bond donors (Lipinski definition) is 2. The van der Waals surface area contributed by atoms with E-state index in [1.165, 1.54) is 11.8 Å². The average Bonchev–Trinajstić information content (AvgIpc) is 2.76. The maximum absolute atomic E-state index is 13.6. The van der Waals surface area contributed by atoms with Crippen LogP contribution >= 0.6 is 24.0 Å². The van der Waals surface area contributed by atoms with Gasteiger partial charge in [0.1, 0.15) is 12.0 Å². The summed E-state index contributed by atoms with van der Waals surface area (Å²) in [7, 11) is 2.23. The normalized spacial score (nSPS) is 17.5. The number of thioether (sulfide) groups is 1. The third-order valence-corrected chi connectivity index (χ3v) is 9.86. The highest BCUT2D eigenvalue weighted by molar-refractivity contribution is 8.24. The Morgan fingerprint density at radius 2 is 1.66 bits per heavy atom. The molecule has 0 aliphatic carbocycles. The molecule has 1 aromatic carbocycles.